The van der Waals surface area contributed by atoms with Crippen LogP contribution >= 0.6 is 24.0 Å². The molecule has 0 amide bonds. The van der Waals surface area contributed by atoms with E-state index in [0.29, 0.717) is 24.6 Å². The number of hydrogen-bond donors (Lipinski definition) is 2. The molecule has 0 aliphatic carbocycles. The highest BCUT2D eigenvalue weighted by Gasteiger charge is 2.19. The molecular weight excluding hydrogens is 455 g/mol. The molecule has 0 aromatic heterocycles. The third kappa shape index (κ3) is 7.73. The van der Waals surface area contributed by atoms with E-state index in [9.17, 15) is 5.11 Å². The van der Waals surface area contributed by atoms with Gasteiger partial charge in [0.25, 0.3) is 0 Å². The highest BCUT2D eigenvalue weighted by molar-refractivity contribution is 14.0. The number of rotatable bonds is 7. The highest BCUT2D eigenvalue weighted by Crippen LogP contribution is 2.23. The molecule has 1 aliphatic rings. The zero-order chi connectivity index (χ0) is 18.9. The number of aromatic hydroxyl groups is 1. The molecule has 0 atom stereocenters. The standard InChI is InChI=1S/C20H34N4O2.HI/c1-5-21-20(24-12-10-23(11-13-24)15-16(2)3)22-9-8-17-6-7-18(26-4)14-19(17)25;/h6-7,14,16,25H,5,8-13,15H2,1-4H3,(H,21,22);1H. The van der Waals surface area contributed by atoms with Gasteiger partial charge >= 0.3 is 0 Å². The fourth-order valence-corrected chi connectivity index (χ4v) is 3.25. The third-order valence-electron chi connectivity index (χ3n) is 4.57. The van der Waals surface area contributed by atoms with Crippen LogP contribution in [0.5, 0.6) is 11.5 Å². The minimum absolute atomic E-state index is 0. The molecule has 1 fully saturated rings. The van der Waals surface area contributed by atoms with Gasteiger partial charge < -0.3 is 20.1 Å². The number of piperazine rings is 1. The molecule has 0 spiro atoms. The Balaban J connectivity index is 0.00000364. The summed E-state index contributed by atoms with van der Waals surface area (Å²) in [5.74, 6) is 2.62. The van der Waals surface area contributed by atoms with E-state index >= 15 is 0 Å². The summed E-state index contributed by atoms with van der Waals surface area (Å²) in [5, 5.41) is 13.5. The van der Waals surface area contributed by atoms with Crippen LogP contribution in [0.2, 0.25) is 0 Å². The Labute approximate surface area is 181 Å². The van der Waals surface area contributed by atoms with Crippen LogP contribution in [0.25, 0.3) is 0 Å². The molecule has 0 saturated carbocycles. The zero-order valence-corrected chi connectivity index (χ0v) is 19.4. The number of phenols is 1. The first-order valence-electron chi connectivity index (χ1n) is 9.65. The van der Waals surface area contributed by atoms with Crippen molar-refractivity contribution in [3.8, 4) is 11.5 Å². The number of phenolic OH excluding ortho intramolecular Hbond substituents is 1. The topological polar surface area (TPSA) is 60.3 Å². The zero-order valence-electron chi connectivity index (χ0n) is 17.1. The van der Waals surface area contributed by atoms with Crippen molar-refractivity contribution in [2.45, 2.75) is 27.2 Å². The average molecular weight is 490 g/mol. The largest absolute Gasteiger partial charge is 0.508 e. The van der Waals surface area contributed by atoms with E-state index in [1.54, 1.807) is 13.2 Å². The lowest BCUT2D eigenvalue weighted by Crippen LogP contribution is -2.53. The van der Waals surface area contributed by atoms with Crippen LogP contribution in [-0.2, 0) is 6.42 Å². The smallest absolute Gasteiger partial charge is 0.194 e. The van der Waals surface area contributed by atoms with Crippen LogP contribution in [0.3, 0.4) is 0 Å². The van der Waals surface area contributed by atoms with Crippen molar-refractivity contribution < 1.29 is 9.84 Å². The number of guanidine groups is 1. The lowest BCUT2D eigenvalue weighted by molar-refractivity contribution is 0.164. The predicted molar refractivity (Wildman–Crippen MR) is 123 cm³/mol. The van der Waals surface area contributed by atoms with Crippen molar-refractivity contribution in [3.63, 3.8) is 0 Å². The minimum atomic E-state index is 0. The number of nitrogens with one attached hydrogen (secondary N) is 1. The Morgan fingerprint density at radius 2 is 1.96 bits per heavy atom. The number of methoxy groups -OCH3 is 1. The van der Waals surface area contributed by atoms with E-state index in [1.165, 1.54) is 0 Å². The van der Waals surface area contributed by atoms with E-state index in [-0.39, 0.29) is 29.7 Å². The highest BCUT2D eigenvalue weighted by atomic mass is 127. The number of ether oxygens (including phenoxy) is 1. The molecule has 2 rings (SSSR count). The van der Waals surface area contributed by atoms with Gasteiger partial charge in [-0.2, -0.15) is 0 Å². The number of halogens is 1. The van der Waals surface area contributed by atoms with E-state index in [4.69, 9.17) is 9.73 Å². The molecule has 7 heteroatoms. The summed E-state index contributed by atoms with van der Waals surface area (Å²) < 4.78 is 5.13. The molecule has 1 aliphatic heterocycles. The van der Waals surface area contributed by atoms with Crippen molar-refractivity contribution in [1.29, 1.82) is 0 Å². The van der Waals surface area contributed by atoms with Gasteiger partial charge in [-0.15, -0.1) is 24.0 Å². The molecule has 0 unspecified atom stereocenters. The van der Waals surface area contributed by atoms with Crippen LogP contribution < -0.4 is 10.1 Å². The average Bonchev–Trinajstić information content (AvgIpc) is 2.62. The van der Waals surface area contributed by atoms with Crippen LogP contribution in [0.1, 0.15) is 26.3 Å². The second-order valence-corrected chi connectivity index (χ2v) is 7.16. The maximum Gasteiger partial charge on any atom is 0.194 e. The second kappa shape index (κ2) is 12.3. The van der Waals surface area contributed by atoms with Crippen LogP contribution in [0.4, 0.5) is 0 Å². The first-order valence-corrected chi connectivity index (χ1v) is 9.65. The lowest BCUT2D eigenvalue weighted by atomic mass is 10.1. The van der Waals surface area contributed by atoms with Gasteiger partial charge in [0.05, 0.1) is 7.11 Å². The SMILES string of the molecule is CCNC(=NCCc1ccc(OC)cc1O)N1CCN(CC(C)C)CC1.I. The monoisotopic (exact) mass is 490 g/mol. The van der Waals surface area contributed by atoms with Crippen molar-refractivity contribution in [3.05, 3.63) is 23.8 Å². The quantitative estimate of drug-likeness (QED) is 0.350. The van der Waals surface area contributed by atoms with Gasteiger partial charge in [0.15, 0.2) is 5.96 Å². The van der Waals surface area contributed by atoms with Gasteiger partial charge in [-0.25, -0.2) is 0 Å². The fraction of sp³-hybridized carbons (Fsp3) is 0.650. The van der Waals surface area contributed by atoms with Gasteiger partial charge in [0.1, 0.15) is 11.5 Å². The van der Waals surface area contributed by atoms with E-state index < -0.39 is 0 Å². The summed E-state index contributed by atoms with van der Waals surface area (Å²) >= 11 is 0. The molecule has 0 radical (unpaired) electrons. The molecule has 1 aromatic carbocycles. The summed E-state index contributed by atoms with van der Waals surface area (Å²) in [5.41, 5.74) is 0.896. The van der Waals surface area contributed by atoms with Gasteiger partial charge in [-0.05, 0) is 30.9 Å². The van der Waals surface area contributed by atoms with E-state index in [1.807, 2.05) is 12.1 Å². The van der Waals surface area contributed by atoms with Crippen molar-refractivity contribution in [2.24, 2.45) is 10.9 Å². The Morgan fingerprint density at radius 3 is 2.52 bits per heavy atom. The Hall–Kier alpha value is -1.22. The molecule has 154 valence electrons. The normalized spacial score (nSPS) is 15.6. The molecule has 1 saturated heterocycles. The van der Waals surface area contributed by atoms with Crippen LogP contribution in [-0.4, -0.2) is 73.8 Å². The molecular formula is C20H35IN4O2. The van der Waals surface area contributed by atoms with Crippen molar-refractivity contribution in [1.82, 2.24) is 15.1 Å². The molecule has 6 nitrogen and oxygen atoms in total. The molecule has 0 bridgehead atoms. The van der Waals surface area contributed by atoms with Gasteiger partial charge in [-0.3, -0.25) is 9.89 Å². The molecule has 1 aromatic rings. The third-order valence-corrected chi connectivity index (χ3v) is 4.57. The van der Waals surface area contributed by atoms with Crippen LogP contribution in [0.15, 0.2) is 23.2 Å². The maximum atomic E-state index is 10.1. The Kier molecular flexibility index (Phi) is 10.8. The lowest BCUT2D eigenvalue weighted by Gasteiger charge is -2.37. The summed E-state index contributed by atoms with van der Waals surface area (Å²) in [6, 6.07) is 5.43. The number of benzene rings is 1. The molecule has 1 heterocycles. The Morgan fingerprint density at radius 1 is 1.26 bits per heavy atom. The predicted octanol–water partition coefficient (Wildman–Crippen LogP) is 2.80. The Bertz CT molecular complexity index is 587. The molecule has 2 N–H and O–H groups in total. The van der Waals surface area contributed by atoms with E-state index in [2.05, 4.69) is 35.9 Å². The summed E-state index contributed by atoms with van der Waals surface area (Å²) in [4.78, 5) is 9.64. The van der Waals surface area contributed by atoms with Gasteiger partial charge in [0, 0.05) is 51.9 Å². The summed E-state index contributed by atoms with van der Waals surface area (Å²) in [6.45, 7) is 13.5. The summed E-state index contributed by atoms with van der Waals surface area (Å²) in [6.07, 6.45) is 0.706. The van der Waals surface area contributed by atoms with E-state index in [0.717, 1.165) is 50.8 Å². The van der Waals surface area contributed by atoms with Crippen molar-refractivity contribution >= 4 is 29.9 Å². The fourth-order valence-electron chi connectivity index (χ4n) is 3.25. The first-order chi connectivity index (χ1) is 12.5. The van der Waals surface area contributed by atoms with Crippen molar-refractivity contribution in [2.75, 3.05) is 52.9 Å². The molecule has 27 heavy (non-hydrogen) atoms. The number of hydrogen-bond acceptors (Lipinski definition) is 4. The second-order valence-electron chi connectivity index (χ2n) is 7.16. The number of nitrogens with zero attached hydrogens (tertiary/aromatic N) is 3. The summed E-state index contributed by atoms with van der Waals surface area (Å²) in [7, 11) is 1.60. The van der Waals surface area contributed by atoms with Crippen LogP contribution in [0, 0.1) is 5.92 Å². The minimum Gasteiger partial charge on any atom is -0.508 e. The maximum absolute atomic E-state index is 10.1. The first kappa shape index (κ1) is 23.8. The van der Waals surface area contributed by atoms with Gasteiger partial charge in [-0.1, -0.05) is 19.9 Å². The number of aliphatic imine (C=N–C) groups is 1. The van der Waals surface area contributed by atoms with Gasteiger partial charge in [0.2, 0.25) is 0 Å².